The largest absolute Gasteiger partial charge is 0.379 e. The van der Waals surface area contributed by atoms with Crippen molar-refractivity contribution < 1.29 is 9.53 Å². The Morgan fingerprint density at radius 1 is 1.81 bits per heavy atom. The van der Waals surface area contributed by atoms with E-state index in [1.807, 2.05) is 6.92 Å². The summed E-state index contributed by atoms with van der Waals surface area (Å²) in [5, 5.41) is 6.76. The van der Waals surface area contributed by atoms with E-state index in [4.69, 9.17) is 10.5 Å². The summed E-state index contributed by atoms with van der Waals surface area (Å²) in [5.41, 5.74) is 5.09. The first-order chi connectivity index (χ1) is 7.57. The number of anilines is 1. The van der Waals surface area contributed by atoms with Crippen LogP contribution in [-0.2, 0) is 16.1 Å². The van der Waals surface area contributed by atoms with Gasteiger partial charge in [-0.1, -0.05) is 0 Å². The molecule has 16 heavy (non-hydrogen) atoms. The number of rotatable bonds is 3. The molecule has 1 fully saturated rings. The summed E-state index contributed by atoms with van der Waals surface area (Å²) in [6.07, 6.45) is 2.26. The van der Waals surface area contributed by atoms with Crippen molar-refractivity contribution in [3.05, 3.63) is 6.33 Å². The van der Waals surface area contributed by atoms with Crippen LogP contribution >= 0.6 is 0 Å². The maximum atomic E-state index is 11.7. The van der Waals surface area contributed by atoms with E-state index in [0.717, 1.165) is 6.42 Å². The van der Waals surface area contributed by atoms with Crippen LogP contribution in [0.25, 0.3) is 0 Å². The van der Waals surface area contributed by atoms with E-state index in [9.17, 15) is 4.79 Å². The minimum absolute atomic E-state index is 0.113. The number of carbonyl (C=O) groups excluding carboxylic acids is 1. The number of ether oxygens (including phenoxy) is 1. The second kappa shape index (κ2) is 4.09. The van der Waals surface area contributed by atoms with Gasteiger partial charge in [-0.3, -0.25) is 4.79 Å². The van der Waals surface area contributed by atoms with Crippen LogP contribution < -0.4 is 11.1 Å². The highest BCUT2D eigenvalue weighted by Gasteiger charge is 2.31. The van der Waals surface area contributed by atoms with Crippen molar-refractivity contribution in [2.24, 2.45) is 0 Å². The Morgan fingerprint density at radius 3 is 3.19 bits per heavy atom. The van der Waals surface area contributed by atoms with Crippen molar-refractivity contribution in [2.75, 3.05) is 18.9 Å². The molecule has 0 bridgehead atoms. The molecular formula is C9H15N5O2. The summed E-state index contributed by atoms with van der Waals surface area (Å²) in [4.78, 5) is 15.4. The van der Waals surface area contributed by atoms with E-state index in [1.165, 1.54) is 11.0 Å². The van der Waals surface area contributed by atoms with Crippen molar-refractivity contribution in [1.82, 2.24) is 20.1 Å². The van der Waals surface area contributed by atoms with Crippen LogP contribution in [0.3, 0.4) is 0 Å². The molecule has 1 aliphatic rings. The number of hydrogen-bond acceptors (Lipinski definition) is 5. The monoisotopic (exact) mass is 225 g/mol. The summed E-state index contributed by atoms with van der Waals surface area (Å²) < 4.78 is 6.65. The molecule has 0 saturated carbocycles. The average molecular weight is 225 g/mol. The van der Waals surface area contributed by atoms with E-state index < -0.39 is 0 Å². The van der Waals surface area contributed by atoms with Gasteiger partial charge in [0.1, 0.15) is 12.9 Å². The SMILES string of the molecule is CC1(NC(=O)Cn2cnc(N)n2)CCOC1. The number of nitrogens with two attached hydrogens (primary N) is 1. The summed E-state index contributed by atoms with van der Waals surface area (Å²) in [6, 6.07) is 0. The van der Waals surface area contributed by atoms with Crippen molar-refractivity contribution in [2.45, 2.75) is 25.4 Å². The topological polar surface area (TPSA) is 95.1 Å². The van der Waals surface area contributed by atoms with Gasteiger partial charge in [0.15, 0.2) is 0 Å². The molecule has 0 radical (unpaired) electrons. The number of hydrogen-bond donors (Lipinski definition) is 2. The molecule has 1 amide bonds. The van der Waals surface area contributed by atoms with E-state index >= 15 is 0 Å². The highest BCUT2D eigenvalue weighted by atomic mass is 16.5. The first kappa shape index (κ1) is 10.9. The van der Waals surface area contributed by atoms with Crippen LogP contribution in [0.4, 0.5) is 5.95 Å². The molecule has 2 rings (SSSR count). The van der Waals surface area contributed by atoms with E-state index in [0.29, 0.717) is 13.2 Å². The van der Waals surface area contributed by atoms with Crippen molar-refractivity contribution in [3.8, 4) is 0 Å². The quantitative estimate of drug-likeness (QED) is 0.699. The summed E-state index contributed by atoms with van der Waals surface area (Å²) in [6.45, 7) is 3.33. The van der Waals surface area contributed by atoms with Gasteiger partial charge in [0.25, 0.3) is 0 Å². The fourth-order valence-electron chi connectivity index (χ4n) is 1.67. The minimum Gasteiger partial charge on any atom is -0.379 e. The number of aromatic nitrogens is 3. The van der Waals surface area contributed by atoms with Gasteiger partial charge in [-0.05, 0) is 13.3 Å². The summed E-state index contributed by atoms with van der Waals surface area (Å²) in [5.74, 6) is 0.0566. The number of nitrogens with zero attached hydrogens (tertiary/aromatic N) is 3. The van der Waals surface area contributed by atoms with Crippen LogP contribution in [0.2, 0.25) is 0 Å². The zero-order chi connectivity index (χ0) is 11.6. The smallest absolute Gasteiger partial charge is 0.242 e. The third kappa shape index (κ3) is 2.48. The van der Waals surface area contributed by atoms with Crippen LogP contribution in [0, 0.1) is 0 Å². The first-order valence-corrected chi connectivity index (χ1v) is 5.11. The molecule has 7 heteroatoms. The van der Waals surface area contributed by atoms with Crippen molar-refractivity contribution in [1.29, 1.82) is 0 Å². The molecule has 1 unspecified atom stereocenters. The highest BCUT2D eigenvalue weighted by Crippen LogP contribution is 2.17. The zero-order valence-electron chi connectivity index (χ0n) is 9.14. The lowest BCUT2D eigenvalue weighted by Gasteiger charge is -2.23. The lowest BCUT2D eigenvalue weighted by atomic mass is 10.0. The third-order valence-corrected chi connectivity index (χ3v) is 2.52. The Labute approximate surface area is 93.0 Å². The molecule has 3 N–H and O–H groups in total. The number of carbonyl (C=O) groups is 1. The molecule has 0 spiro atoms. The lowest BCUT2D eigenvalue weighted by Crippen LogP contribution is -2.47. The molecular weight excluding hydrogens is 210 g/mol. The third-order valence-electron chi connectivity index (χ3n) is 2.52. The molecule has 7 nitrogen and oxygen atoms in total. The van der Waals surface area contributed by atoms with E-state index in [-0.39, 0.29) is 23.9 Å². The Balaban J connectivity index is 1.89. The van der Waals surface area contributed by atoms with Crippen LogP contribution in [0.5, 0.6) is 0 Å². The molecule has 1 aromatic rings. The zero-order valence-corrected chi connectivity index (χ0v) is 9.14. The summed E-state index contributed by atoms with van der Waals surface area (Å²) >= 11 is 0. The van der Waals surface area contributed by atoms with Gasteiger partial charge in [-0.25, -0.2) is 9.67 Å². The van der Waals surface area contributed by atoms with Crippen LogP contribution in [-0.4, -0.2) is 39.4 Å². The van der Waals surface area contributed by atoms with Crippen molar-refractivity contribution >= 4 is 11.9 Å². The molecule has 1 saturated heterocycles. The molecule has 1 atom stereocenters. The van der Waals surface area contributed by atoms with E-state index in [1.54, 1.807) is 0 Å². The fourth-order valence-corrected chi connectivity index (χ4v) is 1.67. The Hall–Kier alpha value is -1.63. The van der Waals surface area contributed by atoms with Gasteiger partial charge in [-0.15, -0.1) is 5.10 Å². The van der Waals surface area contributed by atoms with Gasteiger partial charge in [0, 0.05) is 6.61 Å². The molecule has 1 aromatic heterocycles. The molecule has 88 valence electrons. The summed E-state index contributed by atoms with van der Waals surface area (Å²) in [7, 11) is 0. The average Bonchev–Trinajstić information content (AvgIpc) is 2.75. The molecule has 2 heterocycles. The van der Waals surface area contributed by atoms with Gasteiger partial charge in [-0.2, -0.15) is 0 Å². The first-order valence-electron chi connectivity index (χ1n) is 5.11. The second-order valence-electron chi connectivity index (χ2n) is 4.21. The Kier molecular flexibility index (Phi) is 2.78. The van der Waals surface area contributed by atoms with Gasteiger partial charge in [0.05, 0.1) is 12.1 Å². The number of nitrogens with one attached hydrogen (secondary N) is 1. The van der Waals surface area contributed by atoms with Crippen molar-refractivity contribution in [3.63, 3.8) is 0 Å². The second-order valence-corrected chi connectivity index (χ2v) is 4.21. The normalized spacial score (nSPS) is 24.6. The Morgan fingerprint density at radius 2 is 2.62 bits per heavy atom. The van der Waals surface area contributed by atoms with Crippen LogP contribution in [0.15, 0.2) is 6.33 Å². The fraction of sp³-hybridized carbons (Fsp3) is 0.667. The number of nitrogen functional groups attached to an aromatic ring is 1. The molecule has 0 aromatic carbocycles. The van der Waals surface area contributed by atoms with Gasteiger partial charge in [0.2, 0.25) is 11.9 Å². The molecule has 1 aliphatic heterocycles. The molecule has 0 aliphatic carbocycles. The standard InChI is InChI=1S/C9H15N5O2/c1-9(2-3-16-5-9)12-7(15)4-14-6-11-8(10)13-14/h6H,2-5H2,1H3,(H2,10,13)(H,12,15). The van der Waals surface area contributed by atoms with E-state index in [2.05, 4.69) is 15.4 Å². The highest BCUT2D eigenvalue weighted by molar-refractivity contribution is 5.76. The van der Waals surface area contributed by atoms with Gasteiger partial charge < -0.3 is 15.8 Å². The van der Waals surface area contributed by atoms with Crippen LogP contribution in [0.1, 0.15) is 13.3 Å². The maximum absolute atomic E-state index is 11.7. The minimum atomic E-state index is -0.261. The number of amides is 1. The predicted octanol–water partition coefficient (Wildman–Crippen LogP) is -0.844. The predicted molar refractivity (Wildman–Crippen MR) is 56.4 cm³/mol. The lowest BCUT2D eigenvalue weighted by molar-refractivity contribution is -0.123. The van der Waals surface area contributed by atoms with Gasteiger partial charge >= 0.3 is 0 Å². The Bertz CT molecular complexity index is 383. The maximum Gasteiger partial charge on any atom is 0.242 e.